The minimum Gasteiger partial charge on any atom is -0.465 e. The average molecular weight is 251 g/mol. The molecule has 0 bridgehead atoms. The lowest BCUT2D eigenvalue weighted by Gasteiger charge is -2.52. The monoisotopic (exact) mass is 251 g/mol. The van der Waals surface area contributed by atoms with Crippen LogP contribution in [0, 0.1) is 5.82 Å². The molecule has 0 spiro atoms. The third-order valence-corrected chi connectivity index (χ3v) is 3.78. The van der Waals surface area contributed by atoms with E-state index in [0.717, 1.165) is 0 Å². The van der Waals surface area contributed by atoms with E-state index >= 15 is 0 Å². The van der Waals surface area contributed by atoms with Crippen molar-refractivity contribution >= 4 is 5.97 Å². The molecule has 3 nitrogen and oxygen atoms in total. The summed E-state index contributed by atoms with van der Waals surface area (Å²) in [6.07, 6.45) is 0. The Morgan fingerprint density at radius 3 is 2.61 bits per heavy atom. The molecule has 1 N–H and O–H groups in total. The molecular formula is C14H18FNO2. The van der Waals surface area contributed by atoms with Gasteiger partial charge in [0, 0.05) is 12.1 Å². The molecule has 4 heteroatoms. The van der Waals surface area contributed by atoms with Crippen LogP contribution in [0.2, 0.25) is 0 Å². The molecule has 1 aromatic carbocycles. The highest BCUT2D eigenvalue weighted by Gasteiger charge is 2.58. The van der Waals surface area contributed by atoms with E-state index in [2.05, 4.69) is 5.32 Å². The lowest BCUT2D eigenvalue weighted by molar-refractivity contribution is -0.157. The second kappa shape index (κ2) is 4.69. The predicted molar refractivity (Wildman–Crippen MR) is 66.8 cm³/mol. The van der Waals surface area contributed by atoms with Crippen LogP contribution >= 0.6 is 0 Å². The summed E-state index contributed by atoms with van der Waals surface area (Å²) in [4.78, 5) is 12.3. The van der Waals surface area contributed by atoms with Gasteiger partial charge < -0.3 is 10.1 Å². The Morgan fingerprint density at radius 2 is 2.11 bits per heavy atom. The van der Waals surface area contributed by atoms with Crippen molar-refractivity contribution in [3.63, 3.8) is 0 Å². The highest BCUT2D eigenvalue weighted by Crippen LogP contribution is 2.40. The lowest BCUT2D eigenvalue weighted by Crippen LogP contribution is -2.74. The Balaban J connectivity index is 2.46. The lowest BCUT2D eigenvalue weighted by atomic mass is 9.63. The Morgan fingerprint density at radius 1 is 1.44 bits per heavy atom. The van der Waals surface area contributed by atoms with Crippen molar-refractivity contribution < 1.29 is 13.9 Å². The Bertz CT molecular complexity index is 453. The third kappa shape index (κ3) is 1.72. The molecule has 2 unspecified atom stereocenters. The van der Waals surface area contributed by atoms with Gasteiger partial charge in [-0.2, -0.15) is 0 Å². The zero-order valence-corrected chi connectivity index (χ0v) is 10.9. The fraction of sp³-hybridized carbons (Fsp3) is 0.500. The first-order valence-electron chi connectivity index (χ1n) is 6.22. The van der Waals surface area contributed by atoms with Crippen LogP contribution in [0.1, 0.15) is 26.3 Å². The van der Waals surface area contributed by atoms with E-state index in [9.17, 15) is 9.18 Å². The van der Waals surface area contributed by atoms with Gasteiger partial charge in [-0.3, -0.25) is 4.79 Å². The van der Waals surface area contributed by atoms with Crippen molar-refractivity contribution in [2.75, 3.05) is 6.61 Å². The summed E-state index contributed by atoms with van der Waals surface area (Å²) < 4.78 is 18.6. The fourth-order valence-corrected chi connectivity index (χ4v) is 2.88. The van der Waals surface area contributed by atoms with Gasteiger partial charge in [-0.05, 0) is 38.5 Å². The van der Waals surface area contributed by atoms with Crippen molar-refractivity contribution in [1.82, 2.24) is 5.32 Å². The SMILES string of the molecule is CCOC(=O)C1(c2cccc(F)c2)C(C)NC1C. The molecule has 2 rings (SSSR count). The number of carbonyl (C=O) groups excluding carboxylic acids is 1. The Kier molecular flexibility index (Phi) is 3.39. The number of nitrogens with one attached hydrogen (secondary N) is 1. The van der Waals surface area contributed by atoms with Gasteiger partial charge in [-0.25, -0.2) is 4.39 Å². The fourth-order valence-electron chi connectivity index (χ4n) is 2.88. The molecule has 1 aromatic rings. The number of esters is 1. The van der Waals surface area contributed by atoms with Crippen LogP contribution in [0.5, 0.6) is 0 Å². The summed E-state index contributed by atoms with van der Waals surface area (Å²) in [5.41, 5.74) is -0.0994. The first kappa shape index (κ1) is 13.0. The maximum atomic E-state index is 13.4. The minimum absolute atomic E-state index is 0.0617. The molecule has 1 aliphatic rings. The maximum Gasteiger partial charge on any atom is 0.319 e. The second-order valence-corrected chi connectivity index (χ2v) is 4.71. The Labute approximate surface area is 106 Å². The molecule has 1 aliphatic heterocycles. The van der Waals surface area contributed by atoms with E-state index in [4.69, 9.17) is 4.74 Å². The van der Waals surface area contributed by atoms with Crippen molar-refractivity contribution in [2.45, 2.75) is 38.3 Å². The van der Waals surface area contributed by atoms with E-state index in [0.29, 0.717) is 12.2 Å². The molecule has 0 saturated carbocycles. The number of hydrogen-bond donors (Lipinski definition) is 1. The number of hydrogen-bond acceptors (Lipinski definition) is 3. The quantitative estimate of drug-likeness (QED) is 0.835. The van der Waals surface area contributed by atoms with Crippen molar-refractivity contribution in [1.29, 1.82) is 0 Å². The predicted octanol–water partition coefficient (Wildman–Crippen LogP) is 2.01. The highest BCUT2D eigenvalue weighted by molar-refractivity contribution is 5.87. The topological polar surface area (TPSA) is 38.3 Å². The normalized spacial score (nSPS) is 30.7. The first-order valence-corrected chi connectivity index (χ1v) is 6.22. The van der Waals surface area contributed by atoms with Gasteiger partial charge in [0.1, 0.15) is 11.2 Å². The number of ether oxygens (including phenoxy) is 1. The molecule has 18 heavy (non-hydrogen) atoms. The van der Waals surface area contributed by atoms with Crippen molar-refractivity contribution in [3.05, 3.63) is 35.6 Å². The standard InChI is InChI=1S/C14H18FNO2/c1-4-18-13(17)14(9(2)16-10(14)3)11-6-5-7-12(15)8-11/h5-10,16H,4H2,1-3H3. The van der Waals surface area contributed by atoms with Crippen LogP contribution in [-0.2, 0) is 14.9 Å². The first-order chi connectivity index (χ1) is 8.53. The van der Waals surface area contributed by atoms with Gasteiger partial charge >= 0.3 is 5.97 Å². The van der Waals surface area contributed by atoms with E-state index < -0.39 is 5.41 Å². The molecule has 1 heterocycles. The summed E-state index contributed by atoms with van der Waals surface area (Å²) >= 11 is 0. The highest BCUT2D eigenvalue weighted by atomic mass is 19.1. The maximum absolute atomic E-state index is 13.4. The van der Waals surface area contributed by atoms with Crippen LogP contribution in [0.3, 0.4) is 0 Å². The number of carbonyl (C=O) groups is 1. The minimum atomic E-state index is -0.780. The van der Waals surface area contributed by atoms with Crippen LogP contribution < -0.4 is 5.32 Å². The summed E-state index contributed by atoms with van der Waals surface area (Å²) in [7, 11) is 0. The number of benzene rings is 1. The van der Waals surface area contributed by atoms with Gasteiger partial charge in [-0.15, -0.1) is 0 Å². The van der Waals surface area contributed by atoms with Crippen LogP contribution in [-0.4, -0.2) is 24.7 Å². The van der Waals surface area contributed by atoms with Gasteiger partial charge in [0.2, 0.25) is 0 Å². The largest absolute Gasteiger partial charge is 0.465 e. The van der Waals surface area contributed by atoms with E-state index in [1.54, 1.807) is 19.1 Å². The molecule has 0 amide bonds. The van der Waals surface area contributed by atoms with Crippen LogP contribution in [0.15, 0.2) is 24.3 Å². The summed E-state index contributed by atoms with van der Waals surface area (Å²) in [5, 5.41) is 3.23. The van der Waals surface area contributed by atoms with Gasteiger partial charge in [0.05, 0.1) is 6.61 Å². The molecule has 0 aliphatic carbocycles. The zero-order chi connectivity index (χ0) is 13.3. The second-order valence-electron chi connectivity index (χ2n) is 4.71. The van der Waals surface area contributed by atoms with Crippen molar-refractivity contribution in [2.24, 2.45) is 0 Å². The van der Waals surface area contributed by atoms with E-state index in [1.165, 1.54) is 12.1 Å². The summed E-state index contributed by atoms with van der Waals surface area (Å²) in [5.74, 6) is -0.614. The summed E-state index contributed by atoms with van der Waals surface area (Å²) in [6.45, 7) is 5.94. The molecule has 1 fully saturated rings. The molecule has 1 saturated heterocycles. The van der Waals surface area contributed by atoms with Crippen LogP contribution in [0.25, 0.3) is 0 Å². The van der Waals surface area contributed by atoms with Gasteiger partial charge in [0.25, 0.3) is 0 Å². The number of halogens is 1. The third-order valence-electron chi connectivity index (χ3n) is 3.78. The van der Waals surface area contributed by atoms with Crippen LogP contribution in [0.4, 0.5) is 4.39 Å². The average Bonchev–Trinajstić information content (AvgIpc) is 2.29. The van der Waals surface area contributed by atoms with Gasteiger partial charge in [-0.1, -0.05) is 12.1 Å². The van der Waals surface area contributed by atoms with Gasteiger partial charge in [0.15, 0.2) is 0 Å². The zero-order valence-electron chi connectivity index (χ0n) is 10.9. The summed E-state index contributed by atoms with van der Waals surface area (Å²) in [6, 6.07) is 6.09. The van der Waals surface area contributed by atoms with Crippen molar-refractivity contribution in [3.8, 4) is 0 Å². The molecule has 0 aromatic heterocycles. The Hall–Kier alpha value is -1.42. The van der Waals surface area contributed by atoms with E-state index in [-0.39, 0.29) is 23.9 Å². The molecule has 2 atom stereocenters. The molecule has 0 radical (unpaired) electrons. The van der Waals surface area contributed by atoms with E-state index in [1.807, 2.05) is 13.8 Å². The smallest absolute Gasteiger partial charge is 0.319 e. The molecule has 98 valence electrons. The molecular weight excluding hydrogens is 233 g/mol. The number of rotatable bonds is 3.